The van der Waals surface area contributed by atoms with Gasteiger partial charge in [-0.25, -0.2) is 34.9 Å². The lowest BCUT2D eigenvalue weighted by atomic mass is 9.91. The Bertz CT molecular complexity index is 3920. The number of allylic oxidation sites excluding steroid dienone is 5. The number of benzene rings is 4. The lowest BCUT2D eigenvalue weighted by Gasteiger charge is -2.15. The van der Waals surface area contributed by atoms with Crippen LogP contribution >= 0.6 is 20.7 Å². The van der Waals surface area contributed by atoms with Crippen molar-refractivity contribution in [1.29, 1.82) is 0 Å². The lowest BCUT2D eigenvalue weighted by Crippen LogP contribution is -2.01. The number of pyridine rings is 5. The van der Waals surface area contributed by atoms with Crippen LogP contribution in [0.25, 0.3) is 122 Å². The maximum absolute atomic E-state index is 5.23. The third-order valence-electron chi connectivity index (χ3n) is 12.7. The minimum absolute atomic E-state index is 0.359. The highest BCUT2D eigenvalue weighted by Crippen LogP contribution is 2.40. The van der Waals surface area contributed by atoms with Gasteiger partial charge in [0.15, 0.2) is 11.3 Å². The first-order valence-corrected chi connectivity index (χ1v) is 26.3. The Balaban J connectivity index is 0.963. The normalized spacial score (nSPS) is 12.1. The molecule has 0 fully saturated rings. The highest BCUT2D eigenvalue weighted by molar-refractivity contribution is 14.2. The second kappa shape index (κ2) is 20.4. The molecule has 12 rings (SSSR count). The Morgan fingerprint density at radius 3 is 1.64 bits per heavy atom. The maximum Gasteiger partial charge on any atom is 0.178 e. The van der Waals surface area contributed by atoms with Crippen LogP contribution in [-0.4, -0.2) is 48.9 Å². The number of hydrogen-bond acceptors (Lipinski definition) is 9. The zero-order valence-electron chi connectivity index (χ0n) is 40.0. The SMILES string of the molecule is C=C=C/C=C\c1nc(-c2ccc(-c3cc(-c4ccc(-c5cc6cccnc6nc5-c5ccccn5)cc4)cc(-c4ccc(-c5nc6cccnc6nc5-c5ccccn5)cc4)c3)cc2)c(C2=CC=CC=I2)nc1C. The molecule has 0 aliphatic carbocycles. The van der Waals surface area contributed by atoms with Gasteiger partial charge < -0.3 is 0 Å². The second-order valence-electron chi connectivity index (χ2n) is 17.4. The molecule has 11 aromatic rings. The van der Waals surface area contributed by atoms with Crippen molar-refractivity contribution < 1.29 is 0 Å². The molecule has 7 aromatic heterocycles. The Kier molecular flexibility index (Phi) is 12.6. The highest BCUT2D eigenvalue weighted by atomic mass is 127. The average molecular weight is 1060 g/mol. The summed E-state index contributed by atoms with van der Waals surface area (Å²) in [7, 11) is 0. The van der Waals surface area contributed by atoms with Gasteiger partial charge in [-0.2, -0.15) is 0 Å². The fourth-order valence-electron chi connectivity index (χ4n) is 9.03. The van der Waals surface area contributed by atoms with Crippen molar-refractivity contribution in [3.8, 4) is 89.8 Å². The molecule has 0 bridgehead atoms. The fourth-order valence-corrected chi connectivity index (χ4v) is 11.0. The summed E-state index contributed by atoms with van der Waals surface area (Å²) in [6.07, 6.45) is 19.1. The van der Waals surface area contributed by atoms with Crippen molar-refractivity contribution in [2.45, 2.75) is 6.92 Å². The Labute approximate surface area is 437 Å². The van der Waals surface area contributed by atoms with Gasteiger partial charge in [-0.1, -0.05) is 130 Å². The molecule has 10 heteroatoms. The molecule has 1 aliphatic rings. The van der Waals surface area contributed by atoms with Crippen LogP contribution in [-0.2, 0) is 0 Å². The van der Waals surface area contributed by atoms with Crippen LogP contribution < -0.4 is 0 Å². The van der Waals surface area contributed by atoms with Crippen molar-refractivity contribution in [2.24, 2.45) is 0 Å². The van der Waals surface area contributed by atoms with Crippen LogP contribution in [0.15, 0.2) is 225 Å². The van der Waals surface area contributed by atoms with E-state index in [0.29, 0.717) is 17.0 Å². The third-order valence-corrected chi connectivity index (χ3v) is 15.0. The van der Waals surface area contributed by atoms with E-state index in [0.717, 1.165) is 112 Å². The summed E-state index contributed by atoms with van der Waals surface area (Å²) in [6.45, 7) is 5.72. The van der Waals surface area contributed by atoms with Crippen molar-refractivity contribution >= 4 is 56.6 Å². The predicted molar refractivity (Wildman–Crippen MR) is 310 cm³/mol. The molecule has 74 heavy (non-hydrogen) atoms. The molecule has 0 unspecified atom stereocenters. The standard InChI is InChI=1S/C64H42IN9/c1-3-4-5-16-54-41(2)70-61(53-15-6-9-32-65-53)58(71-54)46-28-22-43(23-29-46)50-37-49(42-20-26-45(27-21-42)52-40-48-14-12-35-68-63(48)73-60(52)55-17-7-10-33-66-55)38-51(39-50)44-24-30-47(31-25-44)59-62(56-18-8-11-34-67-56)74-64-57(72-59)19-13-36-69-64/h4-40H,1H2,2H3/b16-5-. The molecule has 1 aliphatic heterocycles. The molecule has 0 radical (unpaired) electrons. The van der Waals surface area contributed by atoms with Gasteiger partial charge in [-0.3, -0.25) is 9.97 Å². The van der Waals surface area contributed by atoms with Crippen molar-refractivity contribution in [1.82, 2.24) is 44.9 Å². The van der Waals surface area contributed by atoms with E-state index in [1.807, 2.05) is 79.7 Å². The number of aromatic nitrogens is 9. The molecule has 0 saturated carbocycles. The summed E-state index contributed by atoms with van der Waals surface area (Å²) in [4.78, 5) is 43.9. The van der Waals surface area contributed by atoms with Crippen LogP contribution in [0, 0.1) is 6.92 Å². The van der Waals surface area contributed by atoms with Crippen molar-refractivity contribution in [3.05, 3.63) is 242 Å². The Hall–Kier alpha value is -9.35. The fraction of sp³-hybridized carbons (Fsp3) is 0.0156. The van der Waals surface area contributed by atoms with Crippen LogP contribution in [0.1, 0.15) is 17.1 Å². The van der Waals surface area contributed by atoms with Gasteiger partial charge in [0, 0.05) is 50.4 Å². The summed E-state index contributed by atoms with van der Waals surface area (Å²) < 4.78 is 3.50. The Morgan fingerprint density at radius 2 is 1.03 bits per heavy atom. The lowest BCUT2D eigenvalue weighted by molar-refractivity contribution is 1.09. The molecule has 350 valence electrons. The van der Waals surface area contributed by atoms with Crippen LogP contribution in [0.5, 0.6) is 0 Å². The number of aryl methyl sites for hydroxylation is 1. The van der Waals surface area contributed by atoms with E-state index in [9.17, 15) is 0 Å². The quantitative estimate of drug-likeness (QED) is 0.0709. The van der Waals surface area contributed by atoms with Crippen molar-refractivity contribution in [2.75, 3.05) is 0 Å². The van der Waals surface area contributed by atoms with Crippen LogP contribution in [0.2, 0.25) is 0 Å². The average Bonchev–Trinajstić information content (AvgIpc) is 3.47. The molecular formula is C64H42IN9. The number of hydrogen-bond donors (Lipinski definition) is 0. The maximum atomic E-state index is 5.23. The summed E-state index contributed by atoms with van der Waals surface area (Å²) in [5, 5.41) is 0.963. The minimum atomic E-state index is -0.359. The van der Waals surface area contributed by atoms with E-state index >= 15 is 0 Å². The summed E-state index contributed by atoms with van der Waals surface area (Å²) in [5.41, 5.74) is 22.3. The molecule has 8 heterocycles. The molecule has 0 amide bonds. The van der Waals surface area contributed by atoms with Gasteiger partial charge in [-0.05, 0) is 141 Å². The molecule has 9 nitrogen and oxygen atoms in total. The van der Waals surface area contributed by atoms with E-state index in [1.54, 1.807) is 30.9 Å². The van der Waals surface area contributed by atoms with Crippen LogP contribution in [0.4, 0.5) is 0 Å². The summed E-state index contributed by atoms with van der Waals surface area (Å²) in [5.74, 6) is 0. The molecular weight excluding hydrogens is 1020 g/mol. The number of nitrogens with zero attached hydrogens (tertiary/aromatic N) is 9. The van der Waals surface area contributed by atoms with Gasteiger partial charge >= 0.3 is 0 Å². The minimum Gasteiger partial charge on any atom is -0.255 e. The highest BCUT2D eigenvalue weighted by Gasteiger charge is 2.19. The largest absolute Gasteiger partial charge is 0.255 e. The van der Waals surface area contributed by atoms with E-state index in [-0.39, 0.29) is 20.7 Å². The van der Waals surface area contributed by atoms with Crippen molar-refractivity contribution in [3.63, 3.8) is 0 Å². The van der Waals surface area contributed by atoms with Crippen LogP contribution in [0.3, 0.4) is 0 Å². The van der Waals surface area contributed by atoms with Gasteiger partial charge in [0.25, 0.3) is 0 Å². The molecule has 4 aromatic carbocycles. The van der Waals surface area contributed by atoms with Gasteiger partial charge in [0.05, 0.1) is 39.9 Å². The Morgan fingerprint density at radius 1 is 0.459 bits per heavy atom. The molecule has 0 spiro atoms. The number of halogens is 1. The number of rotatable bonds is 11. The second-order valence-corrected chi connectivity index (χ2v) is 19.9. The van der Waals surface area contributed by atoms with Gasteiger partial charge in [-0.15, -0.1) is 5.73 Å². The topological polar surface area (TPSA) is 116 Å². The molecule has 0 N–H and O–H groups in total. The van der Waals surface area contributed by atoms with E-state index in [4.69, 9.17) is 24.9 Å². The first-order chi connectivity index (χ1) is 36.5. The van der Waals surface area contributed by atoms with E-state index in [2.05, 4.69) is 152 Å². The predicted octanol–water partition coefficient (Wildman–Crippen LogP) is 15.2. The third kappa shape index (κ3) is 9.34. The zero-order chi connectivity index (χ0) is 49.8. The first kappa shape index (κ1) is 45.8. The molecule has 0 saturated heterocycles. The molecule has 0 atom stereocenters. The first-order valence-electron chi connectivity index (χ1n) is 24.0. The van der Waals surface area contributed by atoms with E-state index < -0.39 is 0 Å². The van der Waals surface area contributed by atoms with E-state index in [1.165, 1.54) is 3.58 Å². The van der Waals surface area contributed by atoms with Gasteiger partial charge in [0.2, 0.25) is 0 Å². The zero-order valence-corrected chi connectivity index (χ0v) is 42.1. The van der Waals surface area contributed by atoms with Gasteiger partial charge in [0.1, 0.15) is 16.9 Å². The summed E-state index contributed by atoms with van der Waals surface area (Å²) in [6, 6.07) is 54.5. The number of fused-ring (bicyclic) bond motifs is 2. The monoisotopic (exact) mass is 1060 g/mol. The smallest absolute Gasteiger partial charge is 0.178 e. The summed E-state index contributed by atoms with van der Waals surface area (Å²) >= 11 is -0.359.